The van der Waals surface area contributed by atoms with Crippen LogP contribution < -0.4 is 4.90 Å². The normalized spacial score (nSPS) is 18.1. The zero-order valence-corrected chi connectivity index (χ0v) is 17.2. The molecule has 6 heteroatoms. The first kappa shape index (κ1) is 19.7. The Hall–Kier alpha value is -2.60. The van der Waals surface area contributed by atoms with Gasteiger partial charge in [-0.25, -0.2) is 0 Å². The van der Waals surface area contributed by atoms with E-state index in [0.29, 0.717) is 24.2 Å². The minimum Gasteiger partial charge on any atom is -0.369 e. The Morgan fingerprint density at radius 1 is 0.862 bits per heavy atom. The van der Waals surface area contributed by atoms with Crippen LogP contribution in [0.25, 0.3) is 0 Å². The summed E-state index contributed by atoms with van der Waals surface area (Å²) in [4.78, 5) is 32.0. The Labute approximate surface area is 172 Å². The van der Waals surface area contributed by atoms with Crippen LogP contribution in [0.3, 0.4) is 0 Å². The maximum Gasteiger partial charge on any atom is 0.271 e. The summed E-state index contributed by atoms with van der Waals surface area (Å²) in [6, 6.07) is 12.4. The largest absolute Gasteiger partial charge is 0.369 e. The first-order valence-electron chi connectivity index (χ1n) is 10.6. The fourth-order valence-electron chi connectivity index (χ4n) is 4.36. The molecule has 0 bridgehead atoms. The molecule has 29 heavy (non-hydrogen) atoms. The van der Waals surface area contributed by atoms with E-state index >= 15 is 0 Å². The summed E-state index contributed by atoms with van der Waals surface area (Å²) in [6.45, 7) is 6.61. The van der Waals surface area contributed by atoms with Crippen LogP contribution in [0.4, 0.5) is 5.69 Å². The van der Waals surface area contributed by atoms with Crippen LogP contribution in [0.15, 0.2) is 42.6 Å². The lowest BCUT2D eigenvalue weighted by atomic mass is 10.1. The third-order valence-electron chi connectivity index (χ3n) is 6.12. The highest BCUT2D eigenvalue weighted by Gasteiger charge is 2.29. The van der Waals surface area contributed by atoms with Gasteiger partial charge in [-0.05, 0) is 37.6 Å². The number of nitrogens with zero attached hydrogens (tertiary/aromatic N) is 4. The number of benzene rings is 1. The lowest BCUT2D eigenvalue weighted by Gasteiger charge is -2.36. The van der Waals surface area contributed by atoms with Crippen molar-refractivity contribution in [3.8, 4) is 0 Å². The minimum absolute atomic E-state index is 0.00479. The summed E-state index contributed by atoms with van der Waals surface area (Å²) in [6.07, 6.45) is 4.27. The molecule has 0 aliphatic carbocycles. The van der Waals surface area contributed by atoms with Crippen LogP contribution in [0, 0.1) is 0 Å². The number of hydrogen-bond acceptors (Lipinski definition) is 4. The van der Waals surface area contributed by atoms with Gasteiger partial charge in [0.25, 0.3) is 5.91 Å². The van der Waals surface area contributed by atoms with E-state index in [9.17, 15) is 9.59 Å². The molecule has 3 heterocycles. The molecule has 1 amide bonds. The predicted octanol–water partition coefficient (Wildman–Crippen LogP) is 2.66. The summed E-state index contributed by atoms with van der Waals surface area (Å²) in [5.41, 5.74) is 2.43. The van der Waals surface area contributed by atoms with E-state index in [4.69, 9.17) is 0 Å². The van der Waals surface area contributed by atoms with Crippen molar-refractivity contribution < 1.29 is 9.59 Å². The molecule has 0 saturated carbocycles. The number of amides is 1. The maximum atomic E-state index is 12.9. The Morgan fingerprint density at radius 3 is 2.34 bits per heavy atom. The number of carbonyl (C=O) groups is 2. The second-order valence-corrected chi connectivity index (χ2v) is 8.03. The quantitative estimate of drug-likeness (QED) is 0.707. The monoisotopic (exact) mass is 394 g/mol. The van der Waals surface area contributed by atoms with Crippen molar-refractivity contribution in [2.24, 2.45) is 7.05 Å². The van der Waals surface area contributed by atoms with E-state index in [1.165, 1.54) is 5.69 Å². The fraction of sp³-hybridized carbons (Fsp3) is 0.478. The number of aromatic nitrogens is 1. The van der Waals surface area contributed by atoms with E-state index in [0.717, 1.165) is 52.1 Å². The molecule has 4 rings (SSSR count). The number of fused-ring (bicyclic) bond motifs is 1. The number of anilines is 1. The Balaban J connectivity index is 1.22. The average molecular weight is 395 g/mol. The second-order valence-electron chi connectivity index (χ2n) is 8.03. The average Bonchev–Trinajstić information content (AvgIpc) is 3.09. The summed E-state index contributed by atoms with van der Waals surface area (Å²) in [5, 5.41) is 0. The summed E-state index contributed by atoms with van der Waals surface area (Å²) >= 11 is 0. The highest BCUT2D eigenvalue weighted by atomic mass is 16.2. The number of aryl methyl sites for hydroxylation is 1. The predicted molar refractivity (Wildman–Crippen MR) is 115 cm³/mol. The highest BCUT2D eigenvalue weighted by Crippen LogP contribution is 2.20. The van der Waals surface area contributed by atoms with Gasteiger partial charge in [0.15, 0.2) is 5.78 Å². The van der Waals surface area contributed by atoms with Crippen LogP contribution in [0.1, 0.15) is 40.1 Å². The van der Waals surface area contributed by atoms with Crippen LogP contribution >= 0.6 is 0 Å². The van der Waals surface area contributed by atoms with Gasteiger partial charge < -0.3 is 14.4 Å². The van der Waals surface area contributed by atoms with Crippen LogP contribution in [-0.2, 0) is 7.05 Å². The van der Waals surface area contributed by atoms with Gasteiger partial charge in [-0.15, -0.1) is 0 Å². The first-order chi connectivity index (χ1) is 14.1. The van der Waals surface area contributed by atoms with E-state index in [1.807, 2.05) is 11.9 Å². The molecule has 1 aromatic heterocycles. The highest BCUT2D eigenvalue weighted by molar-refractivity contribution is 6.08. The fourth-order valence-corrected chi connectivity index (χ4v) is 4.36. The molecule has 2 aliphatic heterocycles. The standard InChI is InChI=1S/C23H30N4O2/c1-24-13-9-20-21(28)10-14-27(23(29)22(20)24)12-6-5-11-25-15-17-26(18-16-25)19-7-3-2-4-8-19/h2-4,7-9,13H,5-6,10-12,14-18H2,1H3. The SMILES string of the molecule is Cn1ccc2c1C(=O)N(CCCCN1CCN(c3ccccc3)CC1)CCC2=O. The van der Waals surface area contributed by atoms with E-state index in [-0.39, 0.29) is 11.7 Å². The van der Waals surface area contributed by atoms with Crippen molar-refractivity contribution in [2.45, 2.75) is 19.3 Å². The first-order valence-corrected chi connectivity index (χ1v) is 10.6. The Morgan fingerprint density at radius 2 is 1.59 bits per heavy atom. The van der Waals surface area contributed by atoms with E-state index < -0.39 is 0 Å². The van der Waals surface area contributed by atoms with Crippen molar-refractivity contribution >= 4 is 17.4 Å². The van der Waals surface area contributed by atoms with E-state index in [2.05, 4.69) is 40.1 Å². The van der Waals surface area contributed by atoms with Crippen LogP contribution in [0.2, 0.25) is 0 Å². The summed E-state index contributed by atoms with van der Waals surface area (Å²) in [5.74, 6) is 0.0718. The number of ketones is 1. The Kier molecular flexibility index (Phi) is 6.00. The summed E-state index contributed by atoms with van der Waals surface area (Å²) < 4.78 is 1.78. The van der Waals surface area contributed by atoms with Crippen molar-refractivity contribution in [2.75, 3.05) is 50.7 Å². The van der Waals surface area contributed by atoms with Crippen LogP contribution in [-0.4, -0.2) is 71.9 Å². The molecule has 1 aromatic carbocycles. The zero-order chi connectivity index (χ0) is 20.2. The molecule has 0 spiro atoms. The number of rotatable bonds is 6. The lowest BCUT2D eigenvalue weighted by Crippen LogP contribution is -2.46. The van der Waals surface area contributed by atoms with Gasteiger partial charge in [0.05, 0.1) is 0 Å². The molecule has 0 unspecified atom stereocenters. The molecule has 1 saturated heterocycles. The maximum absolute atomic E-state index is 12.9. The van der Waals surface area contributed by atoms with Crippen molar-refractivity contribution in [1.29, 1.82) is 0 Å². The number of hydrogen-bond donors (Lipinski definition) is 0. The van der Waals surface area contributed by atoms with Gasteiger partial charge >= 0.3 is 0 Å². The molecular formula is C23H30N4O2. The lowest BCUT2D eigenvalue weighted by molar-refractivity contribution is 0.0745. The number of unbranched alkanes of at least 4 members (excludes halogenated alkanes) is 1. The number of piperazine rings is 1. The van der Waals surface area contributed by atoms with Crippen molar-refractivity contribution in [3.05, 3.63) is 53.9 Å². The zero-order valence-electron chi connectivity index (χ0n) is 17.2. The van der Waals surface area contributed by atoms with Crippen LogP contribution in [0.5, 0.6) is 0 Å². The molecule has 0 atom stereocenters. The van der Waals surface area contributed by atoms with Crippen molar-refractivity contribution in [3.63, 3.8) is 0 Å². The Bertz CT molecular complexity index is 853. The van der Waals surface area contributed by atoms with Gasteiger partial charge in [0, 0.05) is 70.2 Å². The topological polar surface area (TPSA) is 48.8 Å². The molecule has 1 fully saturated rings. The van der Waals surface area contributed by atoms with Crippen molar-refractivity contribution in [1.82, 2.24) is 14.4 Å². The summed E-state index contributed by atoms with van der Waals surface area (Å²) in [7, 11) is 1.84. The molecule has 0 N–H and O–H groups in total. The minimum atomic E-state index is -0.00479. The number of para-hydroxylation sites is 1. The van der Waals surface area contributed by atoms with E-state index in [1.54, 1.807) is 16.8 Å². The molecular weight excluding hydrogens is 364 g/mol. The smallest absolute Gasteiger partial charge is 0.271 e. The van der Waals surface area contributed by atoms with Gasteiger partial charge in [-0.2, -0.15) is 0 Å². The van der Waals surface area contributed by atoms with Gasteiger partial charge in [0.2, 0.25) is 0 Å². The second kappa shape index (κ2) is 8.82. The third kappa shape index (κ3) is 4.37. The molecule has 154 valence electrons. The van der Waals surface area contributed by atoms with Gasteiger partial charge in [-0.3, -0.25) is 14.5 Å². The number of carbonyl (C=O) groups excluding carboxylic acids is 2. The third-order valence-corrected chi connectivity index (χ3v) is 6.12. The molecule has 6 nitrogen and oxygen atoms in total. The van der Waals surface area contributed by atoms with Gasteiger partial charge in [-0.1, -0.05) is 18.2 Å². The molecule has 0 radical (unpaired) electrons. The molecule has 2 aromatic rings. The molecule has 2 aliphatic rings. The van der Waals surface area contributed by atoms with Gasteiger partial charge in [0.1, 0.15) is 5.69 Å². The number of Topliss-reactive ketones (excluding diaryl/α,β-unsaturated/α-hetero) is 1.